The van der Waals surface area contributed by atoms with Gasteiger partial charge in [0.15, 0.2) is 6.61 Å². The number of ether oxygens (including phenoxy) is 2. The first-order valence-corrected chi connectivity index (χ1v) is 6.93. The molecule has 0 spiro atoms. The number of carbonyl (C=O) groups excluding carboxylic acids is 1. The molecule has 3 aromatic rings. The van der Waals surface area contributed by atoms with E-state index in [2.05, 4.69) is 4.98 Å². The average molecular weight is 296 g/mol. The zero-order chi connectivity index (χ0) is 15.5. The van der Waals surface area contributed by atoms with Crippen LogP contribution in [0.4, 0.5) is 0 Å². The lowest BCUT2D eigenvalue weighted by atomic mass is 10.2. The molecular formula is C17H16N2O3. The number of imidazole rings is 1. The molecule has 0 N–H and O–H groups in total. The second kappa shape index (κ2) is 5.89. The van der Waals surface area contributed by atoms with Crippen LogP contribution in [0.15, 0.2) is 48.8 Å². The van der Waals surface area contributed by atoms with E-state index in [-0.39, 0.29) is 6.61 Å². The second-order valence-electron chi connectivity index (χ2n) is 5.08. The SMILES string of the molecule is Cc1ccc(OCC(=O)Oc2ccc3c(c2)ncn3C)cc1. The number of hydrogen-bond donors (Lipinski definition) is 0. The maximum absolute atomic E-state index is 11.8. The first-order chi connectivity index (χ1) is 10.6. The van der Waals surface area contributed by atoms with Gasteiger partial charge in [-0.2, -0.15) is 0 Å². The summed E-state index contributed by atoms with van der Waals surface area (Å²) in [6.45, 7) is 1.86. The third-order valence-corrected chi connectivity index (χ3v) is 3.31. The topological polar surface area (TPSA) is 53.4 Å². The molecule has 0 fully saturated rings. The first-order valence-electron chi connectivity index (χ1n) is 6.93. The summed E-state index contributed by atoms with van der Waals surface area (Å²) in [7, 11) is 1.91. The predicted octanol–water partition coefficient (Wildman–Crippen LogP) is 2.87. The predicted molar refractivity (Wildman–Crippen MR) is 83.0 cm³/mol. The molecule has 1 aromatic heterocycles. The van der Waals surface area contributed by atoms with E-state index in [4.69, 9.17) is 9.47 Å². The Bertz CT molecular complexity index is 806. The van der Waals surface area contributed by atoms with Crippen LogP contribution < -0.4 is 9.47 Å². The molecule has 0 bridgehead atoms. The molecule has 0 saturated carbocycles. The van der Waals surface area contributed by atoms with E-state index >= 15 is 0 Å². The molecule has 0 aliphatic rings. The van der Waals surface area contributed by atoms with E-state index in [0.29, 0.717) is 11.5 Å². The number of aromatic nitrogens is 2. The highest BCUT2D eigenvalue weighted by Crippen LogP contribution is 2.19. The van der Waals surface area contributed by atoms with Crippen molar-refractivity contribution >= 4 is 17.0 Å². The van der Waals surface area contributed by atoms with Crippen LogP contribution in [0.5, 0.6) is 11.5 Å². The van der Waals surface area contributed by atoms with Gasteiger partial charge in [0.1, 0.15) is 11.5 Å². The van der Waals surface area contributed by atoms with Gasteiger partial charge in [0, 0.05) is 13.1 Å². The minimum Gasteiger partial charge on any atom is -0.482 e. The molecule has 112 valence electrons. The molecule has 0 atom stereocenters. The zero-order valence-electron chi connectivity index (χ0n) is 12.4. The van der Waals surface area contributed by atoms with E-state index < -0.39 is 5.97 Å². The Morgan fingerprint density at radius 1 is 1.14 bits per heavy atom. The number of carbonyl (C=O) groups is 1. The van der Waals surface area contributed by atoms with Gasteiger partial charge in [-0.15, -0.1) is 0 Å². The van der Waals surface area contributed by atoms with Crippen molar-refractivity contribution in [3.8, 4) is 11.5 Å². The van der Waals surface area contributed by atoms with Gasteiger partial charge in [0.2, 0.25) is 0 Å². The number of hydrogen-bond acceptors (Lipinski definition) is 4. The fraction of sp³-hybridized carbons (Fsp3) is 0.176. The van der Waals surface area contributed by atoms with E-state index in [1.807, 2.05) is 48.9 Å². The third-order valence-electron chi connectivity index (χ3n) is 3.31. The van der Waals surface area contributed by atoms with Gasteiger partial charge < -0.3 is 14.0 Å². The number of benzene rings is 2. The van der Waals surface area contributed by atoms with E-state index in [1.54, 1.807) is 18.5 Å². The van der Waals surface area contributed by atoms with Crippen molar-refractivity contribution < 1.29 is 14.3 Å². The highest BCUT2D eigenvalue weighted by atomic mass is 16.6. The molecule has 5 nitrogen and oxygen atoms in total. The Labute approximate surface area is 128 Å². The summed E-state index contributed by atoms with van der Waals surface area (Å²) < 4.78 is 12.6. The Hall–Kier alpha value is -2.82. The largest absolute Gasteiger partial charge is 0.482 e. The molecule has 0 amide bonds. The van der Waals surface area contributed by atoms with Crippen molar-refractivity contribution in [2.45, 2.75) is 6.92 Å². The smallest absolute Gasteiger partial charge is 0.349 e. The number of nitrogens with zero attached hydrogens (tertiary/aromatic N) is 2. The molecule has 1 heterocycles. The fourth-order valence-corrected chi connectivity index (χ4v) is 2.12. The molecule has 0 saturated heterocycles. The normalized spacial score (nSPS) is 10.6. The summed E-state index contributed by atoms with van der Waals surface area (Å²) in [6, 6.07) is 12.8. The summed E-state index contributed by atoms with van der Waals surface area (Å²) in [6.07, 6.45) is 1.72. The lowest BCUT2D eigenvalue weighted by Gasteiger charge is -2.07. The Balaban J connectivity index is 1.61. The van der Waals surface area contributed by atoms with Crippen LogP contribution in [0.2, 0.25) is 0 Å². The number of aryl methyl sites for hydroxylation is 2. The molecule has 0 radical (unpaired) electrons. The highest BCUT2D eigenvalue weighted by Gasteiger charge is 2.08. The molecule has 5 heteroatoms. The van der Waals surface area contributed by atoms with Crippen LogP contribution in [0.3, 0.4) is 0 Å². The maximum atomic E-state index is 11.8. The van der Waals surface area contributed by atoms with Gasteiger partial charge in [0.05, 0.1) is 17.4 Å². The van der Waals surface area contributed by atoms with Gasteiger partial charge in [-0.25, -0.2) is 9.78 Å². The van der Waals surface area contributed by atoms with Crippen molar-refractivity contribution in [3.05, 3.63) is 54.4 Å². The fourth-order valence-electron chi connectivity index (χ4n) is 2.12. The molecule has 0 unspecified atom stereocenters. The minimum atomic E-state index is -0.448. The van der Waals surface area contributed by atoms with Crippen LogP contribution in [-0.2, 0) is 11.8 Å². The maximum Gasteiger partial charge on any atom is 0.349 e. The van der Waals surface area contributed by atoms with Crippen molar-refractivity contribution in [1.29, 1.82) is 0 Å². The van der Waals surface area contributed by atoms with Crippen molar-refractivity contribution in [2.75, 3.05) is 6.61 Å². The quantitative estimate of drug-likeness (QED) is 0.549. The zero-order valence-corrected chi connectivity index (χ0v) is 12.4. The van der Waals surface area contributed by atoms with Crippen LogP contribution in [0.1, 0.15) is 5.56 Å². The molecule has 2 aromatic carbocycles. The summed E-state index contributed by atoms with van der Waals surface area (Å²) in [4.78, 5) is 16.0. The Morgan fingerprint density at radius 2 is 1.86 bits per heavy atom. The minimum absolute atomic E-state index is 0.136. The van der Waals surface area contributed by atoms with Crippen molar-refractivity contribution in [2.24, 2.45) is 7.05 Å². The number of esters is 1. The Morgan fingerprint density at radius 3 is 2.64 bits per heavy atom. The molecule has 3 rings (SSSR count). The lowest BCUT2D eigenvalue weighted by molar-refractivity contribution is -0.136. The van der Waals surface area contributed by atoms with Crippen LogP contribution in [-0.4, -0.2) is 22.1 Å². The van der Waals surface area contributed by atoms with Crippen molar-refractivity contribution in [3.63, 3.8) is 0 Å². The van der Waals surface area contributed by atoms with E-state index in [9.17, 15) is 4.79 Å². The molecule has 0 aliphatic heterocycles. The van der Waals surface area contributed by atoms with Crippen LogP contribution in [0, 0.1) is 6.92 Å². The summed E-state index contributed by atoms with van der Waals surface area (Å²) in [5.74, 6) is 0.655. The average Bonchev–Trinajstić information content (AvgIpc) is 2.88. The van der Waals surface area contributed by atoms with Gasteiger partial charge >= 0.3 is 5.97 Å². The van der Waals surface area contributed by atoms with Gasteiger partial charge in [-0.1, -0.05) is 17.7 Å². The molecule has 0 aliphatic carbocycles. The summed E-state index contributed by atoms with van der Waals surface area (Å²) in [5, 5.41) is 0. The van der Waals surface area contributed by atoms with Crippen LogP contribution in [0.25, 0.3) is 11.0 Å². The third kappa shape index (κ3) is 3.09. The van der Waals surface area contributed by atoms with Gasteiger partial charge in [-0.3, -0.25) is 0 Å². The lowest BCUT2D eigenvalue weighted by Crippen LogP contribution is -2.17. The number of rotatable bonds is 4. The standard InChI is InChI=1S/C17H16N2O3/c1-12-3-5-13(6-4-12)21-10-17(20)22-14-7-8-16-15(9-14)18-11-19(16)2/h3-9,11H,10H2,1-2H3. The van der Waals surface area contributed by atoms with Gasteiger partial charge in [0.25, 0.3) is 0 Å². The van der Waals surface area contributed by atoms with E-state index in [1.165, 1.54) is 0 Å². The molecule has 22 heavy (non-hydrogen) atoms. The second-order valence-corrected chi connectivity index (χ2v) is 5.08. The highest BCUT2D eigenvalue weighted by molar-refractivity contribution is 5.79. The van der Waals surface area contributed by atoms with E-state index in [0.717, 1.165) is 16.6 Å². The summed E-state index contributed by atoms with van der Waals surface area (Å²) in [5.41, 5.74) is 2.90. The monoisotopic (exact) mass is 296 g/mol. The Kier molecular flexibility index (Phi) is 3.78. The molecular weight excluding hydrogens is 280 g/mol. The van der Waals surface area contributed by atoms with Crippen LogP contribution >= 0.6 is 0 Å². The van der Waals surface area contributed by atoms with Crippen molar-refractivity contribution in [1.82, 2.24) is 9.55 Å². The van der Waals surface area contributed by atoms with Gasteiger partial charge in [-0.05, 0) is 31.2 Å². The first kappa shape index (κ1) is 14.1. The number of fused-ring (bicyclic) bond motifs is 1. The summed E-state index contributed by atoms with van der Waals surface area (Å²) >= 11 is 0.